The van der Waals surface area contributed by atoms with Crippen LogP contribution in [-0.4, -0.2) is 77.6 Å². The number of para-hydroxylation sites is 1. The number of piperidine rings is 1. The lowest BCUT2D eigenvalue weighted by Crippen LogP contribution is -2.45. The van der Waals surface area contributed by atoms with Crippen LogP contribution in [0.2, 0.25) is 0 Å². The van der Waals surface area contributed by atoms with Crippen molar-refractivity contribution in [1.29, 1.82) is 0 Å². The molecule has 4 heterocycles. The zero-order chi connectivity index (χ0) is 19.7. The fourth-order valence-electron chi connectivity index (χ4n) is 4.27. The predicted octanol–water partition coefficient (Wildman–Crippen LogP) is 2.04. The highest BCUT2D eigenvalue weighted by molar-refractivity contribution is 7.71. The van der Waals surface area contributed by atoms with E-state index in [1.54, 1.807) is 0 Å². The molecular weight excluding hydrogens is 390 g/mol. The molecule has 8 nitrogen and oxygen atoms in total. The lowest BCUT2D eigenvalue weighted by atomic mass is 10.0. The minimum atomic E-state index is -0.361. The molecule has 156 valence electrons. The van der Waals surface area contributed by atoms with E-state index in [9.17, 15) is 0 Å². The Labute approximate surface area is 175 Å². The summed E-state index contributed by atoms with van der Waals surface area (Å²) in [5.41, 5.74) is 1.04. The van der Waals surface area contributed by atoms with Gasteiger partial charge >= 0.3 is 0 Å². The highest BCUT2D eigenvalue weighted by Gasteiger charge is 2.39. The number of likely N-dealkylation sites (tertiary alicyclic amines) is 1. The van der Waals surface area contributed by atoms with Crippen LogP contribution in [0.15, 0.2) is 30.3 Å². The number of aromatic nitrogens is 3. The molecular formula is C20H27N5O3S. The second-order valence-corrected chi connectivity index (χ2v) is 8.08. The third kappa shape index (κ3) is 3.85. The standard InChI is InChI=1S/C20H27N5O3S/c29-19-24(16-22-8-6-20(7-9-22)27-14-15-28-20)21-18(23-10-12-26-13-11-23)25(19)17-4-2-1-3-5-17/h1-5H,6-16H2. The van der Waals surface area contributed by atoms with Crippen molar-refractivity contribution < 1.29 is 14.2 Å². The number of ether oxygens (including phenoxy) is 3. The summed E-state index contributed by atoms with van der Waals surface area (Å²) in [4.78, 5) is 4.63. The van der Waals surface area contributed by atoms with Crippen LogP contribution < -0.4 is 4.90 Å². The van der Waals surface area contributed by atoms with Gasteiger partial charge in [-0.3, -0.25) is 9.47 Å². The van der Waals surface area contributed by atoms with E-state index in [1.165, 1.54) is 0 Å². The predicted molar refractivity (Wildman–Crippen MR) is 111 cm³/mol. The Hall–Kier alpha value is -1.78. The average Bonchev–Trinajstić information content (AvgIpc) is 3.36. The molecule has 1 aromatic carbocycles. The minimum Gasteiger partial charge on any atom is -0.378 e. The van der Waals surface area contributed by atoms with Crippen molar-refractivity contribution >= 4 is 18.2 Å². The van der Waals surface area contributed by atoms with Gasteiger partial charge in [0.25, 0.3) is 0 Å². The minimum absolute atomic E-state index is 0.361. The van der Waals surface area contributed by atoms with E-state index in [1.807, 2.05) is 22.9 Å². The fourth-order valence-corrected chi connectivity index (χ4v) is 4.56. The molecule has 0 atom stereocenters. The fraction of sp³-hybridized carbons (Fsp3) is 0.600. The van der Waals surface area contributed by atoms with Gasteiger partial charge < -0.3 is 19.1 Å². The van der Waals surface area contributed by atoms with Gasteiger partial charge in [0, 0.05) is 39.0 Å². The molecule has 9 heteroatoms. The topological polar surface area (TPSA) is 56.9 Å². The maximum atomic E-state index is 5.86. The Kier molecular flexibility index (Phi) is 5.40. The van der Waals surface area contributed by atoms with Crippen molar-refractivity contribution in [3.8, 4) is 5.69 Å². The first kappa shape index (κ1) is 19.2. The molecule has 29 heavy (non-hydrogen) atoms. The van der Waals surface area contributed by atoms with Crippen LogP contribution >= 0.6 is 12.2 Å². The lowest BCUT2D eigenvalue weighted by molar-refractivity contribution is -0.187. The summed E-state index contributed by atoms with van der Waals surface area (Å²) < 4.78 is 22.0. The normalized spacial score (nSPS) is 22.4. The molecule has 0 radical (unpaired) electrons. The van der Waals surface area contributed by atoms with Gasteiger partial charge in [-0.2, -0.15) is 0 Å². The summed E-state index contributed by atoms with van der Waals surface area (Å²) in [5.74, 6) is 0.529. The summed E-state index contributed by atoms with van der Waals surface area (Å²) in [6.07, 6.45) is 1.77. The maximum Gasteiger partial charge on any atom is 0.230 e. The number of rotatable bonds is 4. The zero-order valence-corrected chi connectivity index (χ0v) is 17.4. The molecule has 0 N–H and O–H groups in total. The van der Waals surface area contributed by atoms with Crippen LogP contribution in [0, 0.1) is 4.77 Å². The summed E-state index contributed by atoms with van der Waals surface area (Å²) >= 11 is 5.86. The van der Waals surface area contributed by atoms with E-state index in [4.69, 9.17) is 31.5 Å². The highest BCUT2D eigenvalue weighted by Crippen LogP contribution is 2.31. The first-order valence-electron chi connectivity index (χ1n) is 10.3. The summed E-state index contributed by atoms with van der Waals surface area (Å²) in [6.45, 7) is 6.96. The Balaban J connectivity index is 1.40. The van der Waals surface area contributed by atoms with Crippen LogP contribution in [0.5, 0.6) is 0 Å². The zero-order valence-electron chi connectivity index (χ0n) is 16.5. The summed E-state index contributed by atoms with van der Waals surface area (Å²) in [5, 5.41) is 4.93. The third-order valence-electron chi connectivity index (χ3n) is 5.90. The highest BCUT2D eigenvalue weighted by atomic mass is 32.1. The van der Waals surface area contributed by atoms with Gasteiger partial charge in [0.05, 0.1) is 38.8 Å². The number of anilines is 1. The smallest absolute Gasteiger partial charge is 0.230 e. The largest absolute Gasteiger partial charge is 0.378 e. The van der Waals surface area contributed by atoms with Crippen molar-refractivity contribution in [2.24, 2.45) is 0 Å². The molecule has 0 aliphatic carbocycles. The Morgan fingerprint density at radius 2 is 1.62 bits per heavy atom. The number of hydrogen-bond acceptors (Lipinski definition) is 7. The monoisotopic (exact) mass is 417 g/mol. The molecule has 0 bridgehead atoms. The van der Waals surface area contributed by atoms with Crippen LogP contribution in [0.1, 0.15) is 12.8 Å². The van der Waals surface area contributed by atoms with E-state index in [2.05, 4.69) is 26.5 Å². The molecule has 5 rings (SSSR count). The van der Waals surface area contributed by atoms with E-state index < -0.39 is 0 Å². The van der Waals surface area contributed by atoms with Gasteiger partial charge in [0.15, 0.2) is 5.79 Å². The van der Waals surface area contributed by atoms with Gasteiger partial charge in [0.2, 0.25) is 10.7 Å². The van der Waals surface area contributed by atoms with Crippen molar-refractivity contribution in [2.45, 2.75) is 25.3 Å². The molecule has 2 aromatic rings. The second kappa shape index (κ2) is 8.16. The lowest BCUT2D eigenvalue weighted by Gasteiger charge is -2.37. The van der Waals surface area contributed by atoms with E-state index in [0.29, 0.717) is 37.9 Å². The molecule has 3 fully saturated rings. The summed E-state index contributed by atoms with van der Waals surface area (Å²) in [7, 11) is 0. The van der Waals surface area contributed by atoms with Crippen molar-refractivity contribution in [1.82, 2.24) is 19.2 Å². The Morgan fingerprint density at radius 1 is 0.931 bits per heavy atom. The molecule has 0 saturated carbocycles. The Morgan fingerprint density at radius 3 is 2.31 bits per heavy atom. The SMILES string of the molecule is S=c1n(CN2CCC3(CC2)OCCO3)nc(N2CCOCC2)n1-c1ccccc1. The maximum absolute atomic E-state index is 5.86. The molecule has 0 amide bonds. The van der Waals surface area contributed by atoms with Crippen LogP contribution in [-0.2, 0) is 20.9 Å². The van der Waals surface area contributed by atoms with Crippen molar-refractivity contribution in [2.75, 3.05) is 57.5 Å². The molecule has 3 aliphatic rings. The van der Waals surface area contributed by atoms with E-state index >= 15 is 0 Å². The Bertz CT molecular complexity index is 877. The molecule has 1 spiro atoms. The average molecular weight is 418 g/mol. The number of hydrogen-bond donors (Lipinski definition) is 0. The van der Waals surface area contributed by atoms with Crippen LogP contribution in [0.4, 0.5) is 5.95 Å². The first-order valence-corrected chi connectivity index (χ1v) is 10.7. The number of morpholine rings is 1. The third-order valence-corrected chi connectivity index (χ3v) is 6.29. The van der Waals surface area contributed by atoms with Crippen LogP contribution in [0.3, 0.4) is 0 Å². The van der Waals surface area contributed by atoms with Crippen molar-refractivity contribution in [3.63, 3.8) is 0 Å². The van der Waals surface area contributed by atoms with Gasteiger partial charge in [-0.25, -0.2) is 4.68 Å². The first-order chi connectivity index (χ1) is 14.2. The van der Waals surface area contributed by atoms with Gasteiger partial charge in [-0.05, 0) is 24.4 Å². The van der Waals surface area contributed by atoms with Gasteiger partial charge in [0.1, 0.15) is 0 Å². The van der Waals surface area contributed by atoms with Crippen molar-refractivity contribution in [3.05, 3.63) is 35.1 Å². The van der Waals surface area contributed by atoms with Gasteiger partial charge in [-0.1, -0.05) is 18.2 Å². The summed E-state index contributed by atoms with van der Waals surface area (Å²) in [6, 6.07) is 10.2. The van der Waals surface area contributed by atoms with Crippen LogP contribution in [0.25, 0.3) is 5.69 Å². The molecule has 3 saturated heterocycles. The molecule has 3 aliphatic heterocycles. The van der Waals surface area contributed by atoms with E-state index in [-0.39, 0.29) is 5.79 Å². The second-order valence-electron chi connectivity index (χ2n) is 7.72. The van der Waals surface area contributed by atoms with E-state index in [0.717, 1.165) is 50.7 Å². The molecule has 0 unspecified atom stereocenters. The van der Waals surface area contributed by atoms with Gasteiger partial charge in [-0.15, -0.1) is 5.10 Å². The number of nitrogens with zero attached hydrogens (tertiary/aromatic N) is 5. The number of benzene rings is 1. The molecule has 1 aromatic heterocycles. The quantitative estimate of drug-likeness (QED) is 0.706.